The molecular formula is C11H19NO2. The lowest BCUT2D eigenvalue weighted by Crippen LogP contribution is -2.14. The molecule has 0 aromatic rings. The number of carbonyl (C=O) groups excluding carboxylic acids is 1. The van der Waals surface area contributed by atoms with Crippen LogP contribution in [0.4, 0.5) is 0 Å². The number of ether oxygens (including phenoxy) is 1. The van der Waals surface area contributed by atoms with Gasteiger partial charge in [-0.1, -0.05) is 26.2 Å². The summed E-state index contributed by atoms with van der Waals surface area (Å²) in [5, 5.41) is 8.24. The molecule has 0 saturated carbocycles. The Hall–Kier alpha value is -1.04. The molecule has 0 aromatic heterocycles. The lowest BCUT2D eigenvalue weighted by molar-refractivity contribution is -0.147. The minimum Gasteiger partial charge on any atom is -0.462 e. The second-order valence-electron chi connectivity index (χ2n) is 3.48. The summed E-state index contributed by atoms with van der Waals surface area (Å²) in [5.41, 5.74) is 0. The van der Waals surface area contributed by atoms with Gasteiger partial charge in [0.05, 0.1) is 12.2 Å². The number of nitrogens with zero attached hydrogens (tertiary/aromatic N) is 1. The van der Waals surface area contributed by atoms with Crippen molar-refractivity contribution in [2.24, 2.45) is 0 Å². The van der Waals surface area contributed by atoms with Crippen molar-refractivity contribution >= 4 is 5.97 Å². The molecule has 14 heavy (non-hydrogen) atoms. The van der Waals surface area contributed by atoms with E-state index in [9.17, 15) is 4.79 Å². The molecule has 3 heteroatoms. The molecule has 0 aliphatic heterocycles. The number of rotatable bonds is 7. The number of hydrogen-bond acceptors (Lipinski definition) is 3. The van der Waals surface area contributed by atoms with Crippen molar-refractivity contribution in [2.75, 3.05) is 0 Å². The summed E-state index contributed by atoms with van der Waals surface area (Å²) in [4.78, 5) is 10.9. The Morgan fingerprint density at radius 3 is 2.71 bits per heavy atom. The minimum atomic E-state index is -0.407. The Balaban J connectivity index is 3.41. The van der Waals surface area contributed by atoms with E-state index in [0.29, 0.717) is 0 Å². The van der Waals surface area contributed by atoms with E-state index >= 15 is 0 Å². The Bertz CT molecular complexity index is 196. The SMILES string of the molecule is CCCCCC[C@H](C)OC(=O)CC#N. The molecule has 80 valence electrons. The van der Waals surface area contributed by atoms with Crippen LogP contribution in [0.1, 0.15) is 52.4 Å². The normalized spacial score (nSPS) is 11.8. The van der Waals surface area contributed by atoms with E-state index in [-0.39, 0.29) is 12.5 Å². The lowest BCUT2D eigenvalue weighted by Gasteiger charge is -2.11. The highest BCUT2D eigenvalue weighted by Crippen LogP contribution is 2.08. The van der Waals surface area contributed by atoms with Crippen molar-refractivity contribution in [3.05, 3.63) is 0 Å². The molecule has 0 bridgehead atoms. The second kappa shape index (κ2) is 8.55. The maximum atomic E-state index is 10.9. The zero-order valence-corrected chi connectivity index (χ0v) is 9.08. The van der Waals surface area contributed by atoms with Crippen molar-refractivity contribution in [3.63, 3.8) is 0 Å². The number of unbranched alkanes of at least 4 members (excludes halogenated alkanes) is 3. The van der Waals surface area contributed by atoms with Crippen molar-refractivity contribution in [1.82, 2.24) is 0 Å². The van der Waals surface area contributed by atoms with Gasteiger partial charge in [0.1, 0.15) is 6.42 Å². The average Bonchev–Trinajstić information content (AvgIpc) is 2.13. The van der Waals surface area contributed by atoms with Gasteiger partial charge in [-0.3, -0.25) is 4.79 Å². The van der Waals surface area contributed by atoms with Crippen molar-refractivity contribution < 1.29 is 9.53 Å². The molecular weight excluding hydrogens is 178 g/mol. The topological polar surface area (TPSA) is 50.1 Å². The quantitative estimate of drug-likeness (QED) is 0.466. The zero-order chi connectivity index (χ0) is 10.8. The van der Waals surface area contributed by atoms with Crippen molar-refractivity contribution in [3.8, 4) is 6.07 Å². The molecule has 0 heterocycles. The molecule has 0 radical (unpaired) electrons. The first-order chi connectivity index (χ1) is 6.70. The van der Waals surface area contributed by atoms with Gasteiger partial charge in [0.15, 0.2) is 0 Å². The third-order valence-electron chi connectivity index (χ3n) is 2.02. The minimum absolute atomic E-state index is 0.0484. The zero-order valence-electron chi connectivity index (χ0n) is 9.08. The fourth-order valence-corrected chi connectivity index (χ4v) is 1.25. The smallest absolute Gasteiger partial charge is 0.320 e. The predicted molar refractivity (Wildman–Crippen MR) is 54.5 cm³/mol. The number of esters is 1. The van der Waals surface area contributed by atoms with Crippen molar-refractivity contribution in [2.45, 2.75) is 58.5 Å². The molecule has 0 saturated heterocycles. The maximum Gasteiger partial charge on any atom is 0.320 e. The molecule has 0 aliphatic rings. The fraction of sp³-hybridized carbons (Fsp3) is 0.818. The van der Waals surface area contributed by atoms with Crippen molar-refractivity contribution in [1.29, 1.82) is 5.26 Å². The van der Waals surface area contributed by atoms with Gasteiger partial charge in [-0.15, -0.1) is 0 Å². The molecule has 0 fully saturated rings. The van der Waals surface area contributed by atoms with Crippen LogP contribution in [-0.4, -0.2) is 12.1 Å². The van der Waals surface area contributed by atoms with Crippen LogP contribution >= 0.6 is 0 Å². The largest absolute Gasteiger partial charge is 0.462 e. The van der Waals surface area contributed by atoms with Gasteiger partial charge in [0.25, 0.3) is 0 Å². The van der Waals surface area contributed by atoms with Crippen LogP contribution in [0, 0.1) is 11.3 Å². The lowest BCUT2D eigenvalue weighted by atomic mass is 10.1. The van der Waals surface area contributed by atoms with Crippen LogP contribution in [-0.2, 0) is 9.53 Å². The number of carbonyl (C=O) groups is 1. The molecule has 0 N–H and O–H groups in total. The summed E-state index contributed by atoms with van der Waals surface area (Å²) in [6.07, 6.45) is 5.44. The Morgan fingerprint density at radius 2 is 2.14 bits per heavy atom. The van der Waals surface area contributed by atoms with E-state index in [1.54, 1.807) is 6.07 Å². The first kappa shape index (κ1) is 13.0. The van der Waals surface area contributed by atoms with Crippen LogP contribution < -0.4 is 0 Å². The third-order valence-corrected chi connectivity index (χ3v) is 2.02. The van der Waals surface area contributed by atoms with Gasteiger partial charge in [0, 0.05) is 0 Å². The standard InChI is InChI=1S/C11H19NO2/c1-3-4-5-6-7-10(2)14-11(13)8-9-12/h10H,3-8H2,1-2H3/t10-/m0/s1. The van der Waals surface area contributed by atoms with Gasteiger partial charge < -0.3 is 4.74 Å². The molecule has 0 aromatic carbocycles. The Morgan fingerprint density at radius 1 is 1.43 bits per heavy atom. The highest BCUT2D eigenvalue weighted by atomic mass is 16.5. The van der Waals surface area contributed by atoms with E-state index < -0.39 is 5.97 Å². The Labute approximate surface area is 86.1 Å². The van der Waals surface area contributed by atoms with Gasteiger partial charge in [0.2, 0.25) is 0 Å². The average molecular weight is 197 g/mol. The molecule has 0 spiro atoms. The molecule has 3 nitrogen and oxygen atoms in total. The van der Waals surface area contributed by atoms with Crippen LogP contribution in [0.5, 0.6) is 0 Å². The van der Waals surface area contributed by atoms with Gasteiger partial charge in [-0.25, -0.2) is 0 Å². The van der Waals surface area contributed by atoms with E-state index in [4.69, 9.17) is 10.00 Å². The number of nitriles is 1. The van der Waals surface area contributed by atoms with Crippen LogP contribution in [0.2, 0.25) is 0 Å². The summed E-state index contributed by atoms with van der Waals surface area (Å²) >= 11 is 0. The second-order valence-corrected chi connectivity index (χ2v) is 3.48. The van der Waals surface area contributed by atoms with Gasteiger partial charge >= 0.3 is 5.97 Å². The fourth-order valence-electron chi connectivity index (χ4n) is 1.25. The molecule has 0 rings (SSSR count). The first-order valence-electron chi connectivity index (χ1n) is 5.27. The summed E-state index contributed by atoms with van der Waals surface area (Å²) in [6.45, 7) is 4.04. The summed E-state index contributed by atoms with van der Waals surface area (Å²) in [6, 6.07) is 1.77. The van der Waals surface area contributed by atoms with Crippen LogP contribution in [0.15, 0.2) is 0 Å². The maximum absolute atomic E-state index is 10.9. The highest BCUT2D eigenvalue weighted by Gasteiger charge is 2.07. The highest BCUT2D eigenvalue weighted by molar-refractivity contribution is 5.71. The molecule has 0 amide bonds. The summed E-state index contributed by atoms with van der Waals surface area (Å²) < 4.78 is 5.01. The van der Waals surface area contributed by atoms with E-state index in [1.807, 2.05) is 6.92 Å². The van der Waals surface area contributed by atoms with Gasteiger partial charge in [-0.05, 0) is 19.8 Å². The summed E-state index contributed by atoms with van der Waals surface area (Å²) in [7, 11) is 0. The van der Waals surface area contributed by atoms with E-state index in [1.165, 1.54) is 19.3 Å². The first-order valence-corrected chi connectivity index (χ1v) is 5.27. The Kier molecular flexibility index (Phi) is 7.92. The van der Waals surface area contributed by atoms with E-state index in [0.717, 1.165) is 12.8 Å². The molecule has 0 unspecified atom stereocenters. The monoisotopic (exact) mass is 197 g/mol. The van der Waals surface area contributed by atoms with Crippen LogP contribution in [0.3, 0.4) is 0 Å². The number of hydrogen-bond donors (Lipinski definition) is 0. The third kappa shape index (κ3) is 7.60. The predicted octanol–water partition coefficient (Wildman–Crippen LogP) is 2.80. The van der Waals surface area contributed by atoms with E-state index in [2.05, 4.69) is 6.92 Å². The molecule has 0 aliphatic carbocycles. The van der Waals surface area contributed by atoms with Crippen LogP contribution in [0.25, 0.3) is 0 Å². The summed E-state index contributed by atoms with van der Waals surface area (Å²) in [5.74, 6) is -0.407. The molecule has 1 atom stereocenters. The van der Waals surface area contributed by atoms with Gasteiger partial charge in [-0.2, -0.15) is 5.26 Å².